The lowest BCUT2D eigenvalue weighted by atomic mass is 10.2. The van der Waals surface area contributed by atoms with Gasteiger partial charge in [-0.05, 0) is 30.9 Å². The Labute approximate surface area is 130 Å². The molecule has 0 fully saturated rings. The highest BCUT2D eigenvalue weighted by atomic mass is 32.1. The number of aryl methyl sites for hydroxylation is 2. The Morgan fingerprint density at radius 1 is 1.27 bits per heavy atom. The second kappa shape index (κ2) is 5.03. The third-order valence-electron chi connectivity index (χ3n) is 3.82. The Bertz CT molecular complexity index is 890. The Hall–Kier alpha value is -2.54. The van der Waals surface area contributed by atoms with Gasteiger partial charge in [0.25, 0.3) is 5.69 Å². The van der Waals surface area contributed by atoms with Crippen LogP contribution in [-0.4, -0.2) is 14.9 Å². The van der Waals surface area contributed by atoms with Gasteiger partial charge in [0.1, 0.15) is 17.0 Å². The number of nitrogens with one attached hydrogen (secondary N) is 1. The van der Waals surface area contributed by atoms with E-state index in [9.17, 15) is 10.1 Å². The number of nitro groups is 1. The van der Waals surface area contributed by atoms with Crippen molar-refractivity contribution in [1.29, 1.82) is 0 Å². The van der Waals surface area contributed by atoms with Crippen molar-refractivity contribution in [2.24, 2.45) is 0 Å². The molecule has 0 amide bonds. The molecule has 110 valence electrons. The van der Waals surface area contributed by atoms with E-state index >= 15 is 0 Å². The van der Waals surface area contributed by atoms with Gasteiger partial charge in [0.05, 0.1) is 10.3 Å². The molecule has 1 aliphatic carbocycles. The molecule has 1 aliphatic rings. The molecule has 0 saturated heterocycles. The molecule has 0 atom stereocenters. The maximum atomic E-state index is 10.9. The predicted octanol–water partition coefficient (Wildman–Crippen LogP) is 3.83. The van der Waals surface area contributed by atoms with Crippen LogP contribution in [0.3, 0.4) is 0 Å². The predicted molar refractivity (Wildman–Crippen MR) is 85.8 cm³/mol. The van der Waals surface area contributed by atoms with E-state index in [1.54, 1.807) is 23.5 Å². The van der Waals surface area contributed by atoms with Crippen molar-refractivity contribution in [2.75, 3.05) is 5.32 Å². The molecular formula is C15H12N4O2S. The number of hydrogen-bond acceptors (Lipinski definition) is 6. The van der Waals surface area contributed by atoms with E-state index in [0.29, 0.717) is 5.69 Å². The van der Waals surface area contributed by atoms with Crippen LogP contribution in [0, 0.1) is 10.1 Å². The molecule has 0 unspecified atom stereocenters. The van der Waals surface area contributed by atoms with Gasteiger partial charge in [0.15, 0.2) is 0 Å². The summed E-state index contributed by atoms with van der Waals surface area (Å²) < 4.78 is 0. The van der Waals surface area contributed by atoms with Crippen LogP contribution in [0.15, 0.2) is 30.6 Å². The second-order valence-corrected chi connectivity index (χ2v) is 6.28. The first-order valence-electron chi connectivity index (χ1n) is 6.99. The van der Waals surface area contributed by atoms with E-state index in [1.807, 2.05) is 0 Å². The lowest BCUT2D eigenvalue weighted by Gasteiger charge is -2.07. The van der Waals surface area contributed by atoms with Crippen molar-refractivity contribution in [2.45, 2.75) is 19.3 Å². The molecule has 22 heavy (non-hydrogen) atoms. The normalized spacial score (nSPS) is 13.3. The molecule has 1 N–H and O–H groups in total. The fourth-order valence-corrected chi connectivity index (χ4v) is 4.09. The van der Waals surface area contributed by atoms with Gasteiger partial charge in [-0.15, -0.1) is 11.3 Å². The highest BCUT2D eigenvalue weighted by Gasteiger charge is 2.21. The van der Waals surface area contributed by atoms with Gasteiger partial charge in [-0.2, -0.15) is 0 Å². The lowest BCUT2D eigenvalue weighted by Crippen LogP contribution is -1.97. The van der Waals surface area contributed by atoms with E-state index in [-0.39, 0.29) is 5.69 Å². The highest BCUT2D eigenvalue weighted by Crippen LogP contribution is 2.39. The van der Waals surface area contributed by atoms with Crippen LogP contribution in [0.1, 0.15) is 16.9 Å². The minimum absolute atomic E-state index is 0.0610. The summed E-state index contributed by atoms with van der Waals surface area (Å²) in [6.07, 6.45) is 4.86. The van der Waals surface area contributed by atoms with Gasteiger partial charge in [0, 0.05) is 22.7 Å². The molecule has 0 saturated carbocycles. The van der Waals surface area contributed by atoms with Gasteiger partial charge in [-0.1, -0.05) is 6.07 Å². The zero-order valence-corrected chi connectivity index (χ0v) is 12.4. The number of anilines is 2. The summed E-state index contributed by atoms with van der Waals surface area (Å²) >= 11 is 1.72. The van der Waals surface area contributed by atoms with Crippen LogP contribution in [0.4, 0.5) is 17.2 Å². The standard InChI is InChI=1S/C15H12N4O2S/c20-19(21)10-4-1-3-9(7-10)18-14-13-11-5-2-6-12(11)22-15(13)17-8-16-14/h1,3-4,7-8H,2,5-6H2,(H,16,17,18). The molecule has 7 heteroatoms. The second-order valence-electron chi connectivity index (χ2n) is 5.19. The van der Waals surface area contributed by atoms with Crippen molar-refractivity contribution < 1.29 is 4.92 Å². The average Bonchev–Trinajstić information content (AvgIpc) is 3.08. The highest BCUT2D eigenvalue weighted by molar-refractivity contribution is 7.19. The van der Waals surface area contributed by atoms with E-state index in [0.717, 1.165) is 28.9 Å². The van der Waals surface area contributed by atoms with Gasteiger partial charge in [-0.3, -0.25) is 10.1 Å². The van der Waals surface area contributed by atoms with Gasteiger partial charge >= 0.3 is 0 Å². The zero-order valence-electron chi connectivity index (χ0n) is 11.6. The fraction of sp³-hybridized carbons (Fsp3) is 0.200. The van der Waals surface area contributed by atoms with Crippen molar-refractivity contribution in [3.63, 3.8) is 0 Å². The summed E-state index contributed by atoms with van der Waals surface area (Å²) in [5, 5.41) is 15.2. The van der Waals surface area contributed by atoms with Crippen LogP contribution >= 0.6 is 11.3 Å². The maximum Gasteiger partial charge on any atom is 0.271 e. The smallest absolute Gasteiger partial charge is 0.271 e. The molecular weight excluding hydrogens is 300 g/mol. The third-order valence-corrected chi connectivity index (χ3v) is 5.02. The molecule has 0 radical (unpaired) electrons. The van der Waals surface area contributed by atoms with Gasteiger partial charge < -0.3 is 5.32 Å². The molecule has 6 nitrogen and oxygen atoms in total. The first-order valence-corrected chi connectivity index (χ1v) is 7.81. The monoisotopic (exact) mass is 312 g/mol. The first-order chi connectivity index (χ1) is 10.7. The summed E-state index contributed by atoms with van der Waals surface area (Å²) in [7, 11) is 0. The van der Waals surface area contributed by atoms with Crippen LogP contribution in [0.5, 0.6) is 0 Å². The molecule has 4 rings (SSSR count). The molecule has 0 spiro atoms. The number of aromatic nitrogens is 2. The molecule has 2 heterocycles. The topological polar surface area (TPSA) is 81.0 Å². The van der Waals surface area contributed by atoms with Crippen LogP contribution in [0.2, 0.25) is 0 Å². The number of nitrogens with zero attached hydrogens (tertiary/aromatic N) is 3. The van der Waals surface area contributed by atoms with Gasteiger partial charge in [0.2, 0.25) is 0 Å². The molecule has 2 aromatic heterocycles. The minimum Gasteiger partial charge on any atom is -0.339 e. The van der Waals surface area contributed by atoms with Crippen LogP contribution in [0.25, 0.3) is 10.2 Å². The lowest BCUT2D eigenvalue weighted by molar-refractivity contribution is -0.384. The van der Waals surface area contributed by atoms with E-state index in [1.165, 1.54) is 35.3 Å². The van der Waals surface area contributed by atoms with Crippen molar-refractivity contribution in [3.05, 3.63) is 51.1 Å². The summed E-state index contributed by atoms with van der Waals surface area (Å²) in [5.74, 6) is 0.727. The van der Waals surface area contributed by atoms with Crippen molar-refractivity contribution >= 4 is 38.7 Å². The van der Waals surface area contributed by atoms with Crippen LogP contribution < -0.4 is 5.32 Å². The number of fused-ring (bicyclic) bond motifs is 3. The fourth-order valence-electron chi connectivity index (χ4n) is 2.86. The number of rotatable bonds is 3. The minimum atomic E-state index is -0.400. The number of benzene rings is 1. The van der Waals surface area contributed by atoms with Crippen molar-refractivity contribution in [3.8, 4) is 0 Å². The summed E-state index contributed by atoms with van der Waals surface area (Å²) in [4.78, 5) is 21.5. The average molecular weight is 312 g/mol. The quantitative estimate of drug-likeness (QED) is 0.587. The molecule has 0 bridgehead atoms. The zero-order chi connectivity index (χ0) is 15.1. The Kier molecular flexibility index (Phi) is 3.00. The van der Waals surface area contributed by atoms with Gasteiger partial charge in [-0.25, -0.2) is 9.97 Å². The largest absolute Gasteiger partial charge is 0.339 e. The maximum absolute atomic E-state index is 10.9. The first kappa shape index (κ1) is 13.1. The number of nitro benzene ring substituents is 1. The Morgan fingerprint density at radius 3 is 3.05 bits per heavy atom. The SMILES string of the molecule is O=[N+]([O-])c1cccc(Nc2ncnc3sc4c(c23)CCC4)c1. The molecule has 1 aromatic carbocycles. The third kappa shape index (κ3) is 2.10. The van der Waals surface area contributed by atoms with E-state index in [2.05, 4.69) is 15.3 Å². The van der Waals surface area contributed by atoms with E-state index < -0.39 is 4.92 Å². The Balaban J connectivity index is 1.79. The summed E-state index contributed by atoms with van der Waals surface area (Å²) in [6.45, 7) is 0. The van der Waals surface area contributed by atoms with Crippen LogP contribution in [-0.2, 0) is 12.8 Å². The van der Waals surface area contributed by atoms with E-state index in [4.69, 9.17) is 0 Å². The number of non-ortho nitro benzene ring substituents is 1. The number of thiophene rings is 1. The Morgan fingerprint density at radius 2 is 2.18 bits per heavy atom. The number of hydrogen-bond donors (Lipinski definition) is 1. The summed E-state index contributed by atoms with van der Waals surface area (Å²) in [6, 6.07) is 6.45. The summed E-state index contributed by atoms with van der Waals surface area (Å²) in [5.41, 5.74) is 2.05. The molecule has 3 aromatic rings. The van der Waals surface area contributed by atoms with Crippen molar-refractivity contribution in [1.82, 2.24) is 9.97 Å². The molecule has 0 aliphatic heterocycles.